The van der Waals surface area contributed by atoms with Gasteiger partial charge in [0.15, 0.2) is 5.82 Å². The fourth-order valence-electron chi connectivity index (χ4n) is 4.33. The number of amides is 1. The monoisotopic (exact) mass is 554 g/mol. The Balaban J connectivity index is 1.54. The van der Waals surface area contributed by atoms with E-state index in [1.54, 1.807) is 30.3 Å². The normalized spacial score (nSPS) is 15.1. The number of anilines is 4. The number of benzene rings is 2. The second-order valence-corrected chi connectivity index (χ2v) is 9.63. The third-order valence-electron chi connectivity index (χ3n) is 6.36. The van der Waals surface area contributed by atoms with Crippen LogP contribution in [0, 0.1) is 6.92 Å². The number of hydrogen-bond acceptors (Lipinski definition) is 8. The summed E-state index contributed by atoms with van der Waals surface area (Å²) >= 11 is 0. The first-order chi connectivity index (χ1) is 19.1. The Kier molecular flexibility index (Phi) is 8.88. The number of aryl methyl sites for hydroxylation is 1. The molecule has 3 aromatic rings. The topological polar surface area (TPSA) is 107 Å². The van der Waals surface area contributed by atoms with Gasteiger partial charge >= 0.3 is 6.18 Å². The van der Waals surface area contributed by atoms with E-state index < -0.39 is 17.6 Å². The van der Waals surface area contributed by atoms with Crippen molar-refractivity contribution in [3.05, 3.63) is 71.0 Å². The van der Waals surface area contributed by atoms with E-state index in [1.165, 1.54) is 12.4 Å². The molecule has 0 spiro atoms. The Morgan fingerprint density at radius 1 is 1.10 bits per heavy atom. The Morgan fingerprint density at radius 3 is 2.62 bits per heavy atom. The van der Waals surface area contributed by atoms with Gasteiger partial charge in [-0.1, -0.05) is 13.0 Å². The van der Waals surface area contributed by atoms with Crippen LogP contribution in [0.2, 0.25) is 0 Å². The minimum atomic E-state index is -4.57. The van der Waals surface area contributed by atoms with Gasteiger partial charge in [0.25, 0.3) is 5.91 Å². The Bertz CT molecular complexity index is 1390. The number of aromatic nitrogens is 2. The van der Waals surface area contributed by atoms with Crippen LogP contribution in [0.1, 0.15) is 53.7 Å². The Morgan fingerprint density at radius 2 is 1.90 bits per heavy atom. The standard InChI is InChI=1S/C28H33F3N8O/c1-5-8-33-15-19-10-20(12-21(11-19)28(29,30)31)27(40)36-22-7-6-17(2)23(13-22)37-26-9-18(3)38-39(26)25-14-24(32-4)34-16-35-25/h6-7,10-14,16,26,33,37H,5,8-9,15H2,1-4H3,(H,36,40)(H,32,34,35). The lowest BCUT2D eigenvalue weighted by Crippen LogP contribution is -2.34. The first-order valence-corrected chi connectivity index (χ1v) is 13.0. The third-order valence-corrected chi connectivity index (χ3v) is 6.36. The summed E-state index contributed by atoms with van der Waals surface area (Å²) in [6, 6.07) is 10.5. The van der Waals surface area contributed by atoms with Gasteiger partial charge in [0, 0.05) is 48.7 Å². The first-order valence-electron chi connectivity index (χ1n) is 13.0. The van der Waals surface area contributed by atoms with E-state index in [-0.39, 0.29) is 18.3 Å². The predicted octanol–water partition coefficient (Wildman–Crippen LogP) is 5.62. The summed E-state index contributed by atoms with van der Waals surface area (Å²) in [6.07, 6.45) is -1.88. The molecule has 0 bridgehead atoms. The van der Waals surface area contributed by atoms with Crippen LogP contribution in [0.15, 0.2) is 53.9 Å². The molecule has 1 aromatic heterocycles. The minimum absolute atomic E-state index is 0.0618. The van der Waals surface area contributed by atoms with E-state index in [0.29, 0.717) is 35.9 Å². The van der Waals surface area contributed by atoms with Crippen LogP contribution in [0.5, 0.6) is 0 Å². The van der Waals surface area contributed by atoms with Crippen molar-refractivity contribution < 1.29 is 18.0 Å². The average molecular weight is 555 g/mol. The number of nitrogens with zero attached hydrogens (tertiary/aromatic N) is 4. The SMILES string of the molecule is CCCNCc1cc(C(=O)Nc2ccc(C)c(NC3CC(C)=NN3c3cc(NC)ncn3)c2)cc(C(F)(F)F)c1. The molecule has 12 heteroatoms. The second-order valence-electron chi connectivity index (χ2n) is 9.63. The number of nitrogens with one attached hydrogen (secondary N) is 4. The molecular formula is C28H33F3N8O. The van der Waals surface area contributed by atoms with Crippen LogP contribution in [0.4, 0.5) is 36.2 Å². The molecule has 1 aliphatic heterocycles. The molecule has 0 radical (unpaired) electrons. The zero-order chi connectivity index (χ0) is 28.9. The van der Waals surface area contributed by atoms with Gasteiger partial charge in [-0.2, -0.15) is 18.3 Å². The third kappa shape index (κ3) is 7.06. The molecule has 1 unspecified atom stereocenters. The molecule has 1 amide bonds. The Hall–Kier alpha value is -4.19. The smallest absolute Gasteiger partial charge is 0.373 e. The molecular weight excluding hydrogens is 521 g/mol. The molecule has 9 nitrogen and oxygen atoms in total. The maximum atomic E-state index is 13.6. The zero-order valence-electron chi connectivity index (χ0n) is 22.9. The highest BCUT2D eigenvalue weighted by Crippen LogP contribution is 2.32. The highest BCUT2D eigenvalue weighted by Gasteiger charge is 2.32. The number of carbonyl (C=O) groups is 1. The number of carbonyl (C=O) groups excluding carboxylic acids is 1. The molecule has 0 saturated heterocycles. The van der Waals surface area contributed by atoms with Crippen LogP contribution in [-0.4, -0.2) is 41.3 Å². The lowest BCUT2D eigenvalue weighted by atomic mass is 10.0. The van der Waals surface area contributed by atoms with E-state index in [2.05, 4.69) is 36.3 Å². The molecule has 4 N–H and O–H groups in total. The van der Waals surface area contributed by atoms with Crippen LogP contribution < -0.4 is 26.3 Å². The molecule has 212 valence electrons. The van der Waals surface area contributed by atoms with Crippen molar-refractivity contribution in [2.45, 2.75) is 52.5 Å². The van der Waals surface area contributed by atoms with Crippen molar-refractivity contribution in [3.63, 3.8) is 0 Å². The van der Waals surface area contributed by atoms with Gasteiger partial charge < -0.3 is 21.3 Å². The van der Waals surface area contributed by atoms with Gasteiger partial charge in [-0.15, -0.1) is 0 Å². The number of rotatable bonds is 10. The first kappa shape index (κ1) is 28.8. The van der Waals surface area contributed by atoms with E-state index in [1.807, 2.05) is 26.8 Å². The molecule has 2 heterocycles. The quantitative estimate of drug-likeness (QED) is 0.241. The highest BCUT2D eigenvalue weighted by atomic mass is 19.4. The molecule has 0 fully saturated rings. The fourth-order valence-corrected chi connectivity index (χ4v) is 4.33. The molecule has 1 atom stereocenters. The maximum Gasteiger partial charge on any atom is 0.416 e. The minimum Gasteiger partial charge on any atom is -0.373 e. The maximum absolute atomic E-state index is 13.6. The number of halogens is 3. The predicted molar refractivity (Wildman–Crippen MR) is 152 cm³/mol. The Labute approximate surface area is 231 Å². The summed E-state index contributed by atoms with van der Waals surface area (Å²) in [6.45, 7) is 6.72. The van der Waals surface area contributed by atoms with Gasteiger partial charge in [0.05, 0.1) is 5.56 Å². The van der Waals surface area contributed by atoms with Crippen molar-refractivity contribution >= 4 is 34.6 Å². The molecule has 40 heavy (non-hydrogen) atoms. The molecule has 0 saturated carbocycles. The largest absolute Gasteiger partial charge is 0.416 e. The van der Waals surface area contributed by atoms with E-state index in [9.17, 15) is 18.0 Å². The van der Waals surface area contributed by atoms with Gasteiger partial charge in [-0.3, -0.25) is 4.79 Å². The number of alkyl halides is 3. The molecule has 1 aliphatic rings. The summed E-state index contributed by atoms with van der Waals surface area (Å²) in [5.41, 5.74) is 2.50. The second kappa shape index (κ2) is 12.3. The van der Waals surface area contributed by atoms with Crippen molar-refractivity contribution in [2.75, 3.05) is 34.6 Å². The summed E-state index contributed by atoms with van der Waals surface area (Å²) in [5.74, 6) is 0.646. The van der Waals surface area contributed by atoms with Gasteiger partial charge in [0.2, 0.25) is 0 Å². The van der Waals surface area contributed by atoms with Crippen LogP contribution in [0.25, 0.3) is 0 Å². The van der Waals surface area contributed by atoms with Crippen LogP contribution in [-0.2, 0) is 12.7 Å². The van der Waals surface area contributed by atoms with Crippen molar-refractivity contribution in [1.29, 1.82) is 0 Å². The van der Waals surface area contributed by atoms with Crippen LogP contribution in [0.3, 0.4) is 0 Å². The zero-order valence-corrected chi connectivity index (χ0v) is 22.9. The summed E-state index contributed by atoms with van der Waals surface area (Å²) < 4.78 is 40.7. The number of hydrogen-bond donors (Lipinski definition) is 4. The molecule has 0 aliphatic carbocycles. The summed E-state index contributed by atoms with van der Waals surface area (Å²) in [7, 11) is 1.77. The van der Waals surface area contributed by atoms with Gasteiger partial charge in [0.1, 0.15) is 18.3 Å². The van der Waals surface area contributed by atoms with Crippen molar-refractivity contribution in [3.8, 4) is 0 Å². The van der Waals surface area contributed by atoms with E-state index >= 15 is 0 Å². The molecule has 4 rings (SSSR count). The van der Waals surface area contributed by atoms with Gasteiger partial charge in [-0.05, 0) is 68.3 Å². The fraction of sp³-hybridized carbons (Fsp3) is 0.357. The average Bonchev–Trinajstić information content (AvgIpc) is 3.30. The summed E-state index contributed by atoms with van der Waals surface area (Å²) in [5, 5.41) is 18.7. The van der Waals surface area contributed by atoms with E-state index in [0.717, 1.165) is 35.5 Å². The molecule has 2 aromatic carbocycles. The van der Waals surface area contributed by atoms with Crippen molar-refractivity contribution in [2.24, 2.45) is 5.10 Å². The van der Waals surface area contributed by atoms with Crippen LogP contribution >= 0.6 is 0 Å². The lowest BCUT2D eigenvalue weighted by Gasteiger charge is -2.25. The summed E-state index contributed by atoms with van der Waals surface area (Å²) in [4.78, 5) is 21.6. The lowest BCUT2D eigenvalue weighted by molar-refractivity contribution is -0.137. The van der Waals surface area contributed by atoms with Gasteiger partial charge in [-0.25, -0.2) is 15.0 Å². The van der Waals surface area contributed by atoms with E-state index in [4.69, 9.17) is 0 Å². The van der Waals surface area contributed by atoms with Crippen molar-refractivity contribution in [1.82, 2.24) is 15.3 Å². The highest BCUT2D eigenvalue weighted by molar-refractivity contribution is 6.04. The number of hydrazone groups is 1.